The van der Waals surface area contributed by atoms with E-state index in [9.17, 15) is 0 Å². The summed E-state index contributed by atoms with van der Waals surface area (Å²) in [4.78, 5) is 9.84. The third-order valence-corrected chi connectivity index (χ3v) is 13.2. The number of pyridine rings is 1. The average molecular weight is 829 g/mol. The van der Waals surface area contributed by atoms with E-state index in [1.54, 1.807) is 0 Å². The van der Waals surface area contributed by atoms with E-state index < -0.39 is 0 Å². The lowest BCUT2D eigenvalue weighted by molar-refractivity contribution is 0.483. The Labute approximate surface area is 374 Å². The summed E-state index contributed by atoms with van der Waals surface area (Å²) in [5.74, 6) is 2.43. The van der Waals surface area contributed by atoms with Gasteiger partial charge in [0.25, 0.3) is 0 Å². The van der Waals surface area contributed by atoms with Gasteiger partial charge in [0.2, 0.25) is 0 Å². The van der Waals surface area contributed by atoms with Crippen LogP contribution in [0.4, 0.5) is 11.4 Å². The van der Waals surface area contributed by atoms with E-state index >= 15 is 0 Å². The SMILES string of the molecule is CC(C)(C)c1cccc(N2CN(c3cccc(Oc4ccc5c6cc(C(C)(C)C)ccc6n(-c6cc(C(C)(C)c7ccccc7)ccn6)c5c4)c3)C=C2C(C)(C)c2ccccc2)c1. The molecule has 0 aliphatic carbocycles. The second-order valence-corrected chi connectivity index (χ2v) is 20.3. The quantitative estimate of drug-likeness (QED) is 0.145. The van der Waals surface area contributed by atoms with Crippen LogP contribution in [-0.4, -0.2) is 16.2 Å². The molecule has 0 bridgehead atoms. The Balaban J connectivity index is 1.10. The number of anilines is 2. The van der Waals surface area contributed by atoms with Crippen molar-refractivity contribution in [3.63, 3.8) is 0 Å². The predicted molar refractivity (Wildman–Crippen MR) is 265 cm³/mol. The molecular weight excluding hydrogens is 769 g/mol. The number of ether oxygens (including phenoxy) is 1. The standard InChI is InChI=1S/C58H60N4O/c1-55(2,3)42-23-17-25-46(33-42)61-39-60(38-53(61)58(9,10)41-21-15-12-16-22-41)45-24-18-26-47(36-45)63-48-28-29-49-50-34-43(56(4,5)6)27-30-51(50)62(52(49)37-48)54-35-44(31-32-59-54)57(7,8)40-19-13-11-14-20-40/h11-38H,39H2,1-10H3. The smallest absolute Gasteiger partial charge is 0.137 e. The third-order valence-electron chi connectivity index (χ3n) is 13.2. The Morgan fingerprint density at radius 2 is 1.08 bits per heavy atom. The molecule has 1 aliphatic rings. The highest BCUT2D eigenvalue weighted by molar-refractivity contribution is 6.09. The van der Waals surface area contributed by atoms with E-state index in [1.165, 1.54) is 44.6 Å². The van der Waals surface area contributed by atoms with Gasteiger partial charge < -0.3 is 14.5 Å². The Bertz CT molecular complexity index is 2980. The first-order chi connectivity index (χ1) is 30.0. The van der Waals surface area contributed by atoms with Crippen molar-refractivity contribution in [3.05, 3.63) is 204 Å². The van der Waals surface area contributed by atoms with Crippen LogP contribution < -0.4 is 14.5 Å². The zero-order chi connectivity index (χ0) is 44.3. The van der Waals surface area contributed by atoms with E-state index in [2.05, 4.69) is 248 Å². The number of allylic oxidation sites excluding steroid dienone is 1. The number of fused-ring (bicyclic) bond motifs is 3. The summed E-state index contributed by atoms with van der Waals surface area (Å²) in [6.07, 6.45) is 4.27. The number of hydrogen-bond donors (Lipinski definition) is 0. The van der Waals surface area contributed by atoms with E-state index in [1.807, 2.05) is 6.20 Å². The van der Waals surface area contributed by atoms with E-state index in [-0.39, 0.29) is 21.7 Å². The van der Waals surface area contributed by atoms with Crippen molar-refractivity contribution >= 4 is 33.2 Å². The van der Waals surface area contributed by atoms with Gasteiger partial charge in [-0.15, -0.1) is 0 Å². The molecule has 0 unspecified atom stereocenters. The second-order valence-electron chi connectivity index (χ2n) is 20.3. The maximum Gasteiger partial charge on any atom is 0.137 e. The molecule has 0 atom stereocenters. The van der Waals surface area contributed by atoms with Gasteiger partial charge in [0.05, 0.1) is 17.7 Å². The molecule has 0 fully saturated rings. The molecule has 1 aliphatic heterocycles. The van der Waals surface area contributed by atoms with Crippen LogP contribution in [-0.2, 0) is 21.7 Å². The lowest BCUT2D eigenvalue weighted by Crippen LogP contribution is -2.34. The maximum atomic E-state index is 6.82. The minimum atomic E-state index is -0.255. The van der Waals surface area contributed by atoms with Crippen LogP contribution in [0.5, 0.6) is 11.5 Å². The van der Waals surface area contributed by atoms with Crippen molar-refractivity contribution in [2.24, 2.45) is 0 Å². The molecule has 2 aromatic heterocycles. The Morgan fingerprint density at radius 1 is 0.460 bits per heavy atom. The summed E-state index contributed by atoms with van der Waals surface area (Å²) in [6, 6.07) is 56.8. The molecule has 6 aromatic carbocycles. The molecule has 0 amide bonds. The Kier molecular flexibility index (Phi) is 10.4. The van der Waals surface area contributed by atoms with Crippen LogP contribution in [0.25, 0.3) is 27.6 Å². The van der Waals surface area contributed by atoms with Crippen molar-refractivity contribution in [1.82, 2.24) is 9.55 Å². The molecule has 5 heteroatoms. The van der Waals surface area contributed by atoms with E-state index in [0.29, 0.717) is 6.67 Å². The molecule has 0 spiro atoms. The molecular formula is C58H60N4O. The number of benzene rings is 6. The van der Waals surface area contributed by atoms with Gasteiger partial charge in [0.15, 0.2) is 0 Å². The number of aromatic nitrogens is 2. The zero-order valence-electron chi connectivity index (χ0n) is 38.6. The minimum absolute atomic E-state index is 0.00461. The average Bonchev–Trinajstić information content (AvgIpc) is 3.87. The van der Waals surface area contributed by atoms with Gasteiger partial charge in [-0.1, -0.05) is 154 Å². The summed E-state index contributed by atoms with van der Waals surface area (Å²) in [6.45, 7) is 23.6. The topological polar surface area (TPSA) is 33.5 Å². The van der Waals surface area contributed by atoms with Crippen LogP contribution in [0.1, 0.15) is 97.1 Å². The first-order valence-corrected chi connectivity index (χ1v) is 22.3. The van der Waals surface area contributed by atoms with Crippen molar-refractivity contribution in [1.29, 1.82) is 0 Å². The highest BCUT2D eigenvalue weighted by Crippen LogP contribution is 2.43. The van der Waals surface area contributed by atoms with Crippen LogP contribution in [0.2, 0.25) is 0 Å². The molecule has 0 saturated carbocycles. The van der Waals surface area contributed by atoms with Crippen LogP contribution in [0, 0.1) is 0 Å². The molecule has 0 N–H and O–H groups in total. The second kappa shape index (κ2) is 15.6. The monoisotopic (exact) mass is 828 g/mol. The lowest BCUT2D eigenvalue weighted by Gasteiger charge is -2.34. The summed E-state index contributed by atoms with van der Waals surface area (Å²) >= 11 is 0. The number of nitrogens with zero attached hydrogens (tertiary/aromatic N) is 4. The summed E-state index contributed by atoms with van der Waals surface area (Å²) < 4.78 is 9.13. The van der Waals surface area contributed by atoms with Crippen molar-refractivity contribution < 1.29 is 4.74 Å². The Hall–Kier alpha value is -6.59. The molecule has 8 aromatic rings. The van der Waals surface area contributed by atoms with Crippen molar-refractivity contribution in [3.8, 4) is 17.3 Å². The van der Waals surface area contributed by atoms with Crippen molar-refractivity contribution in [2.45, 2.75) is 90.9 Å². The van der Waals surface area contributed by atoms with Gasteiger partial charge in [-0.2, -0.15) is 0 Å². The van der Waals surface area contributed by atoms with E-state index in [4.69, 9.17) is 9.72 Å². The summed E-state index contributed by atoms with van der Waals surface area (Å²) in [5, 5.41) is 2.37. The first-order valence-electron chi connectivity index (χ1n) is 22.3. The van der Waals surface area contributed by atoms with Crippen LogP contribution in [0.15, 0.2) is 176 Å². The van der Waals surface area contributed by atoms with Crippen LogP contribution in [0.3, 0.4) is 0 Å². The van der Waals surface area contributed by atoms with Gasteiger partial charge in [0, 0.05) is 63.2 Å². The molecule has 318 valence electrons. The number of rotatable bonds is 9. The van der Waals surface area contributed by atoms with Gasteiger partial charge in [-0.05, 0) is 99.3 Å². The highest BCUT2D eigenvalue weighted by atomic mass is 16.5. The Morgan fingerprint density at radius 3 is 1.78 bits per heavy atom. The fourth-order valence-corrected chi connectivity index (χ4v) is 9.10. The lowest BCUT2D eigenvalue weighted by atomic mass is 9.78. The third kappa shape index (κ3) is 7.90. The van der Waals surface area contributed by atoms with Gasteiger partial charge >= 0.3 is 0 Å². The predicted octanol–water partition coefficient (Wildman–Crippen LogP) is 15.0. The maximum absolute atomic E-state index is 6.82. The first kappa shape index (κ1) is 41.7. The van der Waals surface area contributed by atoms with Crippen LogP contribution >= 0.6 is 0 Å². The van der Waals surface area contributed by atoms with Crippen molar-refractivity contribution in [2.75, 3.05) is 16.5 Å². The molecule has 63 heavy (non-hydrogen) atoms. The minimum Gasteiger partial charge on any atom is -0.457 e. The molecule has 3 heterocycles. The van der Waals surface area contributed by atoms with Gasteiger partial charge in [-0.3, -0.25) is 4.57 Å². The van der Waals surface area contributed by atoms with Gasteiger partial charge in [0.1, 0.15) is 17.3 Å². The summed E-state index contributed by atoms with van der Waals surface area (Å²) in [5.41, 5.74) is 11.6. The molecule has 0 saturated heterocycles. The molecule has 9 rings (SSSR count). The number of hydrogen-bond acceptors (Lipinski definition) is 4. The largest absolute Gasteiger partial charge is 0.457 e. The normalized spacial score (nSPS) is 13.8. The fourth-order valence-electron chi connectivity index (χ4n) is 9.10. The fraction of sp³-hybridized carbons (Fsp3) is 0.259. The summed E-state index contributed by atoms with van der Waals surface area (Å²) in [7, 11) is 0. The van der Waals surface area contributed by atoms with Gasteiger partial charge in [-0.25, -0.2) is 4.98 Å². The zero-order valence-corrected chi connectivity index (χ0v) is 38.6. The molecule has 0 radical (unpaired) electrons. The highest BCUT2D eigenvalue weighted by Gasteiger charge is 2.36. The van der Waals surface area contributed by atoms with E-state index in [0.717, 1.165) is 39.4 Å². The molecule has 5 nitrogen and oxygen atoms in total.